The molecule has 0 unspecified atom stereocenters. The lowest BCUT2D eigenvalue weighted by atomic mass is 10.0. The summed E-state index contributed by atoms with van der Waals surface area (Å²) in [6.07, 6.45) is 3.90. The minimum Gasteiger partial charge on any atom is -0.375 e. The molecule has 0 aliphatic carbocycles. The number of methoxy groups -OCH3 is 1. The molecule has 0 aromatic heterocycles. The van der Waals surface area contributed by atoms with Crippen LogP contribution in [0.5, 0.6) is 0 Å². The number of carbonyl (C=O) groups excluding carboxylic acids is 2. The summed E-state index contributed by atoms with van der Waals surface area (Å²) in [5, 5.41) is 3.02. The first-order valence-electron chi connectivity index (χ1n) is 6.93. The molecule has 1 aliphatic rings. The second kappa shape index (κ2) is 8.87. The van der Waals surface area contributed by atoms with Crippen LogP contribution >= 0.6 is 0 Å². The van der Waals surface area contributed by atoms with Gasteiger partial charge in [0.1, 0.15) is 6.61 Å². The SMILES string of the molecule is COCC(=O)N1CCC(NC(=O)CCCCN)CC1. The van der Waals surface area contributed by atoms with E-state index in [1.807, 2.05) is 0 Å². The third-order valence-corrected chi connectivity index (χ3v) is 3.34. The van der Waals surface area contributed by atoms with E-state index in [0.717, 1.165) is 25.7 Å². The first-order valence-corrected chi connectivity index (χ1v) is 6.93. The van der Waals surface area contributed by atoms with Gasteiger partial charge in [0, 0.05) is 32.7 Å². The molecular weight excluding hydrogens is 246 g/mol. The molecule has 1 fully saturated rings. The molecule has 110 valence electrons. The van der Waals surface area contributed by atoms with Crippen LogP contribution in [0.1, 0.15) is 32.1 Å². The van der Waals surface area contributed by atoms with Gasteiger partial charge in [-0.1, -0.05) is 0 Å². The summed E-state index contributed by atoms with van der Waals surface area (Å²) in [4.78, 5) is 25.0. The van der Waals surface area contributed by atoms with E-state index in [2.05, 4.69) is 5.32 Å². The molecule has 0 aromatic carbocycles. The number of piperidine rings is 1. The Morgan fingerprint density at radius 1 is 1.32 bits per heavy atom. The lowest BCUT2D eigenvalue weighted by Crippen LogP contribution is -2.47. The molecule has 19 heavy (non-hydrogen) atoms. The van der Waals surface area contributed by atoms with Crippen molar-refractivity contribution in [2.75, 3.05) is 33.4 Å². The zero-order chi connectivity index (χ0) is 14.1. The van der Waals surface area contributed by atoms with Crippen LogP contribution in [-0.2, 0) is 14.3 Å². The second-order valence-electron chi connectivity index (χ2n) is 4.90. The predicted octanol–water partition coefficient (Wildman–Crippen LogP) is -0.131. The molecule has 1 saturated heterocycles. The van der Waals surface area contributed by atoms with Crippen molar-refractivity contribution >= 4 is 11.8 Å². The van der Waals surface area contributed by atoms with E-state index >= 15 is 0 Å². The highest BCUT2D eigenvalue weighted by molar-refractivity contribution is 5.78. The fourth-order valence-electron chi connectivity index (χ4n) is 2.22. The third kappa shape index (κ3) is 6.02. The smallest absolute Gasteiger partial charge is 0.248 e. The summed E-state index contributed by atoms with van der Waals surface area (Å²) in [5.41, 5.74) is 5.39. The van der Waals surface area contributed by atoms with Crippen LogP contribution in [0.2, 0.25) is 0 Å². The van der Waals surface area contributed by atoms with E-state index in [-0.39, 0.29) is 24.5 Å². The maximum absolute atomic E-state index is 11.7. The topological polar surface area (TPSA) is 84.7 Å². The van der Waals surface area contributed by atoms with Gasteiger partial charge in [-0.25, -0.2) is 0 Å². The normalized spacial score (nSPS) is 16.4. The van der Waals surface area contributed by atoms with Crippen LogP contribution in [0.3, 0.4) is 0 Å². The van der Waals surface area contributed by atoms with Gasteiger partial charge in [-0.3, -0.25) is 9.59 Å². The van der Waals surface area contributed by atoms with Crippen molar-refractivity contribution in [1.82, 2.24) is 10.2 Å². The zero-order valence-electron chi connectivity index (χ0n) is 11.7. The molecule has 6 heteroatoms. The van der Waals surface area contributed by atoms with Crippen LogP contribution in [0.4, 0.5) is 0 Å². The van der Waals surface area contributed by atoms with Crippen molar-refractivity contribution in [2.24, 2.45) is 5.73 Å². The Balaban J connectivity index is 2.19. The molecule has 0 radical (unpaired) electrons. The van der Waals surface area contributed by atoms with Gasteiger partial charge < -0.3 is 20.7 Å². The van der Waals surface area contributed by atoms with Gasteiger partial charge >= 0.3 is 0 Å². The number of hydrogen-bond donors (Lipinski definition) is 2. The van der Waals surface area contributed by atoms with Crippen LogP contribution in [0, 0.1) is 0 Å². The third-order valence-electron chi connectivity index (χ3n) is 3.34. The summed E-state index contributed by atoms with van der Waals surface area (Å²) < 4.78 is 4.83. The van der Waals surface area contributed by atoms with Gasteiger partial charge in [-0.2, -0.15) is 0 Å². The van der Waals surface area contributed by atoms with Gasteiger partial charge in [-0.15, -0.1) is 0 Å². The Morgan fingerprint density at radius 3 is 2.58 bits per heavy atom. The maximum atomic E-state index is 11.7. The summed E-state index contributed by atoms with van der Waals surface area (Å²) in [6, 6.07) is 0.192. The standard InChI is InChI=1S/C13H25N3O3/c1-19-10-13(18)16-8-5-11(6-9-16)15-12(17)4-2-3-7-14/h11H,2-10,14H2,1H3,(H,15,17). The number of amides is 2. The van der Waals surface area contributed by atoms with Crippen molar-refractivity contribution in [1.29, 1.82) is 0 Å². The Morgan fingerprint density at radius 2 is 2.00 bits per heavy atom. The van der Waals surface area contributed by atoms with Gasteiger partial charge in [0.2, 0.25) is 11.8 Å². The monoisotopic (exact) mass is 271 g/mol. The van der Waals surface area contributed by atoms with Gasteiger partial charge in [0.15, 0.2) is 0 Å². The van der Waals surface area contributed by atoms with E-state index < -0.39 is 0 Å². The Hall–Kier alpha value is -1.14. The molecule has 1 heterocycles. The molecule has 2 amide bonds. The highest BCUT2D eigenvalue weighted by Gasteiger charge is 2.23. The number of nitrogens with two attached hydrogens (primary N) is 1. The highest BCUT2D eigenvalue weighted by atomic mass is 16.5. The van der Waals surface area contributed by atoms with E-state index in [1.165, 1.54) is 7.11 Å². The summed E-state index contributed by atoms with van der Waals surface area (Å²) in [5.74, 6) is 0.116. The van der Waals surface area contributed by atoms with Gasteiger partial charge in [0.05, 0.1) is 0 Å². The van der Waals surface area contributed by atoms with Crippen LogP contribution in [0.15, 0.2) is 0 Å². The summed E-state index contributed by atoms with van der Waals surface area (Å²) >= 11 is 0. The number of hydrogen-bond acceptors (Lipinski definition) is 4. The van der Waals surface area contributed by atoms with E-state index in [0.29, 0.717) is 26.1 Å². The van der Waals surface area contributed by atoms with Crippen molar-refractivity contribution < 1.29 is 14.3 Å². The zero-order valence-corrected chi connectivity index (χ0v) is 11.7. The second-order valence-corrected chi connectivity index (χ2v) is 4.90. The Kier molecular flexibility index (Phi) is 7.43. The minimum atomic E-state index is 0.0234. The Bertz CT molecular complexity index is 289. The van der Waals surface area contributed by atoms with Gasteiger partial charge in [0.25, 0.3) is 0 Å². The average Bonchev–Trinajstić information content (AvgIpc) is 2.40. The van der Waals surface area contributed by atoms with E-state index in [1.54, 1.807) is 4.90 Å². The number of ether oxygens (including phenoxy) is 1. The van der Waals surface area contributed by atoms with Crippen molar-refractivity contribution in [3.8, 4) is 0 Å². The lowest BCUT2D eigenvalue weighted by molar-refractivity contribution is -0.136. The molecule has 6 nitrogen and oxygen atoms in total. The maximum Gasteiger partial charge on any atom is 0.248 e. The summed E-state index contributed by atoms with van der Waals surface area (Å²) in [6.45, 7) is 2.15. The molecule has 3 N–H and O–H groups in total. The number of carbonyl (C=O) groups is 2. The van der Waals surface area contributed by atoms with Gasteiger partial charge in [-0.05, 0) is 32.2 Å². The molecule has 1 rings (SSSR count). The van der Waals surface area contributed by atoms with Crippen molar-refractivity contribution in [3.63, 3.8) is 0 Å². The first kappa shape index (κ1) is 15.9. The Labute approximate surface area is 114 Å². The highest BCUT2D eigenvalue weighted by Crippen LogP contribution is 2.11. The van der Waals surface area contributed by atoms with E-state index in [4.69, 9.17) is 10.5 Å². The molecule has 0 saturated carbocycles. The van der Waals surface area contributed by atoms with E-state index in [9.17, 15) is 9.59 Å². The molecule has 0 spiro atoms. The first-order chi connectivity index (χ1) is 9.17. The molecular formula is C13H25N3O3. The molecule has 0 atom stereocenters. The van der Waals surface area contributed by atoms with Crippen LogP contribution in [-0.4, -0.2) is 56.1 Å². The lowest BCUT2D eigenvalue weighted by Gasteiger charge is -2.32. The van der Waals surface area contributed by atoms with Crippen molar-refractivity contribution in [3.05, 3.63) is 0 Å². The molecule has 0 bridgehead atoms. The number of nitrogens with zero attached hydrogens (tertiary/aromatic N) is 1. The van der Waals surface area contributed by atoms with Crippen LogP contribution in [0.25, 0.3) is 0 Å². The molecule has 0 aromatic rings. The number of unbranched alkanes of at least 4 members (excludes halogenated alkanes) is 1. The average molecular weight is 271 g/mol. The summed E-state index contributed by atoms with van der Waals surface area (Å²) in [7, 11) is 1.52. The largest absolute Gasteiger partial charge is 0.375 e. The minimum absolute atomic E-state index is 0.0234. The molecule has 1 aliphatic heterocycles. The predicted molar refractivity (Wildman–Crippen MR) is 72.5 cm³/mol. The van der Waals surface area contributed by atoms with Crippen LogP contribution < -0.4 is 11.1 Å². The number of rotatable bonds is 7. The fourth-order valence-corrected chi connectivity index (χ4v) is 2.22. The number of likely N-dealkylation sites (tertiary alicyclic amines) is 1. The number of nitrogens with one attached hydrogen (secondary N) is 1. The quantitative estimate of drug-likeness (QED) is 0.632. The van der Waals surface area contributed by atoms with Crippen molar-refractivity contribution in [2.45, 2.75) is 38.1 Å². The fraction of sp³-hybridized carbons (Fsp3) is 0.846.